The van der Waals surface area contributed by atoms with Crippen LogP contribution >= 0.6 is 0 Å². The smallest absolute Gasteiger partial charge is 0.341 e. The summed E-state index contributed by atoms with van der Waals surface area (Å²) < 4.78 is 4.80. The number of hydrogen-bond acceptors (Lipinski definition) is 4. The fraction of sp³-hybridized carbons (Fsp3) is 0.364. The predicted molar refractivity (Wildman–Crippen MR) is 56.7 cm³/mol. The molecule has 1 atom stereocenters. The third-order valence-electron chi connectivity index (χ3n) is 2.04. The van der Waals surface area contributed by atoms with E-state index in [0.29, 0.717) is 0 Å². The number of phenols is 1. The minimum atomic E-state index is -0.530. The molecule has 0 radical (unpaired) electrons. The van der Waals surface area contributed by atoms with Crippen LogP contribution in [0.1, 0.15) is 35.8 Å². The molecular formula is C11H15NO3. The van der Waals surface area contributed by atoms with Crippen LogP contribution in [0.15, 0.2) is 18.2 Å². The largest absolute Gasteiger partial charge is 0.507 e. The topological polar surface area (TPSA) is 72.5 Å². The molecule has 0 saturated heterocycles. The molecule has 15 heavy (non-hydrogen) atoms. The number of carbonyl (C=O) groups excluding carboxylic acids is 1. The van der Waals surface area contributed by atoms with Gasteiger partial charge in [-0.15, -0.1) is 0 Å². The summed E-state index contributed by atoms with van der Waals surface area (Å²) in [5.41, 5.74) is 6.62. The zero-order valence-corrected chi connectivity index (χ0v) is 8.86. The minimum Gasteiger partial charge on any atom is -0.507 e. The maximum atomic E-state index is 11.4. The van der Waals surface area contributed by atoms with E-state index in [-0.39, 0.29) is 24.0 Å². The zero-order chi connectivity index (χ0) is 11.4. The molecule has 3 N–H and O–H groups in total. The van der Waals surface area contributed by atoms with E-state index in [1.165, 1.54) is 6.07 Å². The van der Waals surface area contributed by atoms with Gasteiger partial charge >= 0.3 is 5.97 Å². The van der Waals surface area contributed by atoms with Crippen molar-refractivity contribution in [2.24, 2.45) is 5.73 Å². The van der Waals surface area contributed by atoms with Crippen LogP contribution in [-0.4, -0.2) is 17.7 Å². The molecular weight excluding hydrogens is 194 g/mol. The van der Waals surface area contributed by atoms with Crippen molar-refractivity contribution in [2.45, 2.75) is 19.9 Å². The summed E-state index contributed by atoms with van der Waals surface area (Å²) in [5.74, 6) is -0.615. The van der Waals surface area contributed by atoms with Crippen molar-refractivity contribution in [3.05, 3.63) is 29.3 Å². The van der Waals surface area contributed by atoms with Gasteiger partial charge in [-0.3, -0.25) is 0 Å². The number of phenolic OH excluding ortho intramolecular Hbond substituents is 1. The summed E-state index contributed by atoms with van der Waals surface area (Å²) in [6.07, 6.45) is 0. The molecule has 1 unspecified atom stereocenters. The van der Waals surface area contributed by atoms with Crippen molar-refractivity contribution in [1.29, 1.82) is 0 Å². The molecule has 1 rings (SSSR count). The summed E-state index contributed by atoms with van der Waals surface area (Å²) in [6.45, 7) is 3.80. The number of nitrogens with two attached hydrogens (primary N) is 1. The third kappa shape index (κ3) is 2.70. The van der Waals surface area contributed by atoms with Crippen molar-refractivity contribution in [3.63, 3.8) is 0 Å². The Bertz CT molecular complexity index is 361. The highest BCUT2D eigenvalue weighted by molar-refractivity contribution is 5.92. The molecule has 0 aromatic heterocycles. The summed E-state index contributed by atoms with van der Waals surface area (Å²) in [6, 6.07) is 4.50. The molecule has 0 amide bonds. The second-order valence-corrected chi connectivity index (χ2v) is 3.29. The lowest BCUT2D eigenvalue weighted by atomic mass is 10.1. The summed E-state index contributed by atoms with van der Waals surface area (Å²) in [4.78, 5) is 11.4. The van der Waals surface area contributed by atoms with Gasteiger partial charge in [-0.05, 0) is 31.5 Å². The lowest BCUT2D eigenvalue weighted by Crippen LogP contribution is -2.09. The minimum absolute atomic E-state index is 0.0853. The zero-order valence-electron chi connectivity index (χ0n) is 8.86. The van der Waals surface area contributed by atoms with E-state index in [9.17, 15) is 9.90 Å². The normalized spacial score (nSPS) is 12.2. The van der Waals surface area contributed by atoms with Gasteiger partial charge in [0.1, 0.15) is 11.3 Å². The molecule has 0 bridgehead atoms. The molecule has 82 valence electrons. The van der Waals surface area contributed by atoms with Crippen LogP contribution in [0.5, 0.6) is 5.75 Å². The summed E-state index contributed by atoms with van der Waals surface area (Å²) in [5, 5.41) is 9.47. The molecule has 0 saturated carbocycles. The Morgan fingerprint density at radius 3 is 2.80 bits per heavy atom. The van der Waals surface area contributed by atoms with Crippen molar-refractivity contribution in [3.8, 4) is 5.75 Å². The van der Waals surface area contributed by atoms with Crippen LogP contribution in [0.4, 0.5) is 0 Å². The number of benzene rings is 1. The number of carbonyl (C=O) groups is 1. The number of aromatic hydroxyl groups is 1. The maximum Gasteiger partial charge on any atom is 0.341 e. The Morgan fingerprint density at radius 1 is 1.60 bits per heavy atom. The van der Waals surface area contributed by atoms with E-state index in [2.05, 4.69) is 0 Å². The first-order chi connectivity index (χ1) is 7.06. The SMILES string of the molecule is CCOC(=O)c1cc(C(C)N)ccc1O. The fourth-order valence-electron chi connectivity index (χ4n) is 1.21. The van der Waals surface area contributed by atoms with E-state index < -0.39 is 5.97 Å². The van der Waals surface area contributed by atoms with Crippen LogP contribution in [0.25, 0.3) is 0 Å². The van der Waals surface area contributed by atoms with Gasteiger partial charge in [0, 0.05) is 6.04 Å². The Balaban J connectivity index is 3.05. The van der Waals surface area contributed by atoms with Gasteiger partial charge in [-0.25, -0.2) is 4.79 Å². The van der Waals surface area contributed by atoms with Crippen LogP contribution in [0.3, 0.4) is 0 Å². The molecule has 4 nitrogen and oxygen atoms in total. The van der Waals surface area contributed by atoms with Gasteiger partial charge < -0.3 is 15.6 Å². The Morgan fingerprint density at radius 2 is 2.27 bits per heavy atom. The third-order valence-corrected chi connectivity index (χ3v) is 2.04. The van der Waals surface area contributed by atoms with Gasteiger partial charge in [0.25, 0.3) is 0 Å². The van der Waals surface area contributed by atoms with E-state index in [1.807, 2.05) is 0 Å². The fourth-order valence-corrected chi connectivity index (χ4v) is 1.21. The Labute approximate surface area is 88.7 Å². The van der Waals surface area contributed by atoms with Crippen molar-refractivity contribution in [1.82, 2.24) is 0 Å². The standard InChI is InChI=1S/C11H15NO3/c1-3-15-11(14)9-6-8(7(2)12)4-5-10(9)13/h4-7,13H,3,12H2,1-2H3. The van der Waals surface area contributed by atoms with Gasteiger partial charge in [-0.1, -0.05) is 6.07 Å². The lowest BCUT2D eigenvalue weighted by molar-refractivity contribution is 0.0523. The van der Waals surface area contributed by atoms with Crippen LogP contribution < -0.4 is 5.73 Å². The number of hydrogen-bond donors (Lipinski definition) is 2. The molecule has 0 aliphatic rings. The second-order valence-electron chi connectivity index (χ2n) is 3.29. The monoisotopic (exact) mass is 209 g/mol. The average Bonchev–Trinajstić information content (AvgIpc) is 2.18. The highest BCUT2D eigenvalue weighted by Gasteiger charge is 2.13. The van der Waals surface area contributed by atoms with E-state index in [4.69, 9.17) is 10.5 Å². The summed E-state index contributed by atoms with van der Waals surface area (Å²) in [7, 11) is 0. The van der Waals surface area contributed by atoms with Crippen LogP contribution in [-0.2, 0) is 4.74 Å². The molecule has 0 spiro atoms. The van der Waals surface area contributed by atoms with Crippen molar-refractivity contribution >= 4 is 5.97 Å². The van der Waals surface area contributed by atoms with E-state index in [1.54, 1.807) is 26.0 Å². The van der Waals surface area contributed by atoms with Crippen LogP contribution in [0.2, 0.25) is 0 Å². The number of esters is 1. The molecule has 0 aliphatic carbocycles. The highest BCUT2D eigenvalue weighted by Crippen LogP contribution is 2.22. The molecule has 1 aromatic rings. The van der Waals surface area contributed by atoms with Gasteiger partial charge in [-0.2, -0.15) is 0 Å². The molecule has 0 fully saturated rings. The summed E-state index contributed by atoms with van der Waals surface area (Å²) >= 11 is 0. The molecule has 1 aromatic carbocycles. The van der Waals surface area contributed by atoms with Crippen molar-refractivity contribution in [2.75, 3.05) is 6.61 Å². The van der Waals surface area contributed by atoms with Gasteiger partial charge in [0.05, 0.1) is 6.61 Å². The first-order valence-corrected chi connectivity index (χ1v) is 4.82. The highest BCUT2D eigenvalue weighted by atomic mass is 16.5. The van der Waals surface area contributed by atoms with Gasteiger partial charge in [0.15, 0.2) is 0 Å². The quantitative estimate of drug-likeness (QED) is 0.741. The number of ether oxygens (including phenoxy) is 1. The van der Waals surface area contributed by atoms with Crippen molar-refractivity contribution < 1.29 is 14.6 Å². The Kier molecular flexibility index (Phi) is 3.68. The average molecular weight is 209 g/mol. The second kappa shape index (κ2) is 4.79. The molecule has 0 aliphatic heterocycles. The van der Waals surface area contributed by atoms with E-state index >= 15 is 0 Å². The Hall–Kier alpha value is -1.55. The molecule has 0 heterocycles. The first-order valence-electron chi connectivity index (χ1n) is 4.82. The van der Waals surface area contributed by atoms with Gasteiger partial charge in [0.2, 0.25) is 0 Å². The van der Waals surface area contributed by atoms with Crippen LogP contribution in [0, 0.1) is 0 Å². The molecule has 4 heteroatoms. The predicted octanol–water partition coefficient (Wildman–Crippen LogP) is 1.59. The first kappa shape index (κ1) is 11.5. The number of rotatable bonds is 3. The van der Waals surface area contributed by atoms with E-state index in [0.717, 1.165) is 5.56 Å². The maximum absolute atomic E-state index is 11.4. The lowest BCUT2D eigenvalue weighted by Gasteiger charge is -2.09.